The fraction of sp³-hybridized carbons (Fsp3) is 0.385. The zero-order chi connectivity index (χ0) is 13.6. The first-order chi connectivity index (χ1) is 9.06. The van der Waals surface area contributed by atoms with E-state index in [4.69, 9.17) is 9.47 Å². The van der Waals surface area contributed by atoms with Crippen molar-refractivity contribution in [3.63, 3.8) is 0 Å². The van der Waals surface area contributed by atoms with Crippen LogP contribution in [0.2, 0.25) is 0 Å². The van der Waals surface area contributed by atoms with Crippen molar-refractivity contribution < 1.29 is 9.47 Å². The average Bonchev–Trinajstić information content (AvgIpc) is 3.06. The molecule has 1 aliphatic heterocycles. The highest BCUT2D eigenvalue weighted by Crippen LogP contribution is 2.45. The Kier molecular flexibility index (Phi) is 4.28. The molecule has 0 bridgehead atoms. The van der Waals surface area contributed by atoms with Gasteiger partial charge in [-0.15, -0.1) is 22.7 Å². The van der Waals surface area contributed by atoms with Gasteiger partial charge in [-0.2, -0.15) is 0 Å². The number of ether oxygens (including phenoxy) is 2. The third-order valence-electron chi connectivity index (χ3n) is 3.36. The zero-order valence-corrected chi connectivity index (χ0v) is 16.4. The second-order valence-electron chi connectivity index (χ2n) is 4.41. The molecule has 1 aliphatic rings. The van der Waals surface area contributed by atoms with Gasteiger partial charge >= 0.3 is 0 Å². The van der Waals surface area contributed by atoms with Gasteiger partial charge in [-0.05, 0) is 70.2 Å². The minimum Gasteiger partial charge on any atom is -0.340 e. The van der Waals surface area contributed by atoms with Crippen LogP contribution in [0.3, 0.4) is 0 Å². The van der Waals surface area contributed by atoms with Gasteiger partial charge < -0.3 is 9.47 Å². The highest BCUT2D eigenvalue weighted by molar-refractivity contribution is 14.1. The van der Waals surface area contributed by atoms with Gasteiger partial charge in [-0.25, -0.2) is 0 Å². The van der Waals surface area contributed by atoms with Crippen molar-refractivity contribution in [1.29, 1.82) is 0 Å². The molecule has 0 saturated carbocycles. The van der Waals surface area contributed by atoms with Crippen molar-refractivity contribution in [2.45, 2.75) is 19.6 Å². The summed E-state index contributed by atoms with van der Waals surface area (Å²) in [6, 6.07) is 0. The summed E-state index contributed by atoms with van der Waals surface area (Å²) in [5, 5.41) is 4.35. The van der Waals surface area contributed by atoms with Gasteiger partial charge in [0, 0.05) is 21.9 Å². The van der Waals surface area contributed by atoms with Gasteiger partial charge in [0.25, 0.3) is 0 Å². The Hall–Kier alpha value is 0.780. The first kappa shape index (κ1) is 14.7. The van der Waals surface area contributed by atoms with Gasteiger partial charge in [0.2, 0.25) is 5.79 Å². The number of hydrogen-bond acceptors (Lipinski definition) is 4. The third-order valence-corrected chi connectivity index (χ3v) is 8.24. The molecule has 1 saturated heterocycles. The Labute approximate surface area is 147 Å². The second kappa shape index (κ2) is 5.53. The number of halogens is 2. The van der Waals surface area contributed by atoms with Gasteiger partial charge in [0.15, 0.2) is 0 Å². The fourth-order valence-corrected chi connectivity index (χ4v) is 5.33. The lowest BCUT2D eigenvalue weighted by molar-refractivity contribution is -0.130. The molecule has 0 amide bonds. The molecule has 3 heterocycles. The first-order valence-corrected chi connectivity index (χ1v) is 9.74. The van der Waals surface area contributed by atoms with E-state index in [0.29, 0.717) is 13.2 Å². The highest BCUT2D eigenvalue weighted by atomic mass is 127. The lowest BCUT2D eigenvalue weighted by Gasteiger charge is -2.28. The Morgan fingerprint density at radius 3 is 1.68 bits per heavy atom. The molecular weight excluding hydrogens is 506 g/mol. The lowest BCUT2D eigenvalue weighted by Crippen LogP contribution is -2.29. The Bertz CT molecular complexity index is 564. The van der Waals surface area contributed by atoms with Gasteiger partial charge in [0.1, 0.15) is 0 Å². The molecule has 0 radical (unpaired) electrons. The van der Waals surface area contributed by atoms with Crippen molar-refractivity contribution in [2.75, 3.05) is 13.2 Å². The van der Waals surface area contributed by atoms with Crippen molar-refractivity contribution in [2.24, 2.45) is 0 Å². The number of rotatable bonds is 2. The van der Waals surface area contributed by atoms with Gasteiger partial charge in [0.05, 0.1) is 19.0 Å². The van der Waals surface area contributed by atoms with E-state index in [2.05, 4.69) is 69.8 Å². The number of thiophene rings is 2. The summed E-state index contributed by atoms with van der Waals surface area (Å²) in [6.45, 7) is 5.59. The molecule has 6 heteroatoms. The van der Waals surface area contributed by atoms with Crippen LogP contribution in [-0.2, 0) is 15.3 Å². The highest BCUT2D eigenvalue weighted by Gasteiger charge is 2.44. The van der Waals surface area contributed by atoms with Crippen LogP contribution in [0.5, 0.6) is 0 Å². The normalized spacial score (nSPS) is 18.1. The smallest absolute Gasteiger partial charge is 0.224 e. The predicted octanol–water partition coefficient (Wildman–Crippen LogP) is 4.88. The van der Waals surface area contributed by atoms with Crippen LogP contribution >= 0.6 is 67.9 Å². The van der Waals surface area contributed by atoms with Crippen molar-refractivity contribution >= 4 is 67.9 Å². The van der Waals surface area contributed by atoms with Crippen LogP contribution in [0.25, 0.3) is 0 Å². The van der Waals surface area contributed by atoms with Crippen LogP contribution in [0.1, 0.15) is 22.3 Å². The molecule has 2 aromatic rings. The molecule has 1 fully saturated rings. The largest absolute Gasteiger partial charge is 0.340 e. The number of hydrogen-bond donors (Lipinski definition) is 0. The van der Waals surface area contributed by atoms with Gasteiger partial charge in [-0.1, -0.05) is 0 Å². The maximum atomic E-state index is 6.09. The molecule has 0 unspecified atom stereocenters. The van der Waals surface area contributed by atoms with Crippen molar-refractivity contribution in [3.8, 4) is 0 Å². The van der Waals surface area contributed by atoms with E-state index in [9.17, 15) is 0 Å². The molecular formula is C13H12I2O2S2. The minimum absolute atomic E-state index is 0.651. The monoisotopic (exact) mass is 518 g/mol. The third kappa shape index (κ3) is 2.32. The Morgan fingerprint density at radius 1 is 0.947 bits per heavy atom. The van der Waals surface area contributed by atoms with Crippen LogP contribution in [0, 0.1) is 19.6 Å². The van der Waals surface area contributed by atoms with E-state index in [0.717, 1.165) is 11.1 Å². The minimum atomic E-state index is -0.686. The SMILES string of the molecule is Cc1c(C2(c3csc(I)c3C)OCCO2)csc1I. The lowest BCUT2D eigenvalue weighted by atomic mass is 9.97. The molecule has 0 aromatic carbocycles. The molecule has 2 aromatic heterocycles. The van der Waals surface area contributed by atoms with Crippen molar-refractivity contribution in [3.05, 3.63) is 38.8 Å². The topological polar surface area (TPSA) is 18.5 Å². The summed E-state index contributed by atoms with van der Waals surface area (Å²) in [7, 11) is 0. The maximum absolute atomic E-state index is 6.09. The maximum Gasteiger partial charge on any atom is 0.224 e. The predicted molar refractivity (Wildman–Crippen MR) is 96.2 cm³/mol. The van der Waals surface area contributed by atoms with Crippen LogP contribution < -0.4 is 0 Å². The molecule has 0 atom stereocenters. The molecule has 0 aliphatic carbocycles. The summed E-state index contributed by atoms with van der Waals surface area (Å²) in [5.41, 5.74) is 4.87. The standard InChI is InChI=1S/C13H12I2O2S2/c1-7-9(5-18-11(7)14)13(16-3-4-17-13)10-6-19-12(15)8(10)2/h5-6H,3-4H2,1-2H3. The van der Waals surface area contributed by atoms with Crippen LogP contribution in [0.15, 0.2) is 10.8 Å². The van der Waals surface area contributed by atoms with Crippen LogP contribution in [-0.4, -0.2) is 13.2 Å². The second-order valence-corrected chi connectivity index (χ2v) is 9.79. The quantitative estimate of drug-likeness (QED) is 0.528. The van der Waals surface area contributed by atoms with E-state index in [-0.39, 0.29) is 0 Å². The van der Waals surface area contributed by atoms with E-state index in [1.54, 1.807) is 22.7 Å². The van der Waals surface area contributed by atoms with E-state index in [1.165, 1.54) is 16.9 Å². The summed E-state index contributed by atoms with van der Waals surface area (Å²) < 4.78 is 14.8. The first-order valence-electron chi connectivity index (χ1n) is 5.82. The van der Waals surface area contributed by atoms with E-state index < -0.39 is 5.79 Å². The van der Waals surface area contributed by atoms with E-state index >= 15 is 0 Å². The summed E-state index contributed by atoms with van der Waals surface area (Å²) in [6.07, 6.45) is 0. The van der Waals surface area contributed by atoms with Gasteiger partial charge in [-0.3, -0.25) is 0 Å². The molecule has 19 heavy (non-hydrogen) atoms. The van der Waals surface area contributed by atoms with E-state index in [1.807, 2.05) is 0 Å². The van der Waals surface area contributed by atoms with Crippen molar-refractivity contribution in [1.82, 2.24) is 0 Å². The molecule has 3 rings (SSSR count). The fourth-order valence-electron chi connectivity index (χ4n) is 2.30. The molecule has 0 N–H and O–H groups in total. The molecule has 102 valence electrons. The Morgan fingerprint density at radius 2 is 1.37 bits per heavy atom. The molecule has 0 spiro atoms. The summed E-state index contributed by atoms with van der Waals surface area (Å²) in [4.78, 5) is 0. The summed E-state index contributed by atoms with van der Waals surface area (Å²) in [5.74, 6) is -0.686. The van der Waals surface area contributed by atoms with Crippen LogP contribution in [0.4, 0.5) is 0 Å². The molecule has 2 nitrogen and oxygen atoms in total. The average molecular weight is 518 g/mol. The summed E-state index contributed by atoms with van der Waals surface area (Å²) >= 11 is 8.26. The zero-order valence-electron chi connectivity index (χ0n) is 10.5. The Balaban J connectivity index is 2.20.